The molecule has 138 valence electrons. The molecule has 0 fully saturated rings. The number of methoxy groups -OCH3 is 1. The summed E-state index contributed by atoms with van der Waals surface area (Å²) in [5.74, 6) is -0.525. The van der Waals surface area contributed by atoms with Crippen molar-refractivity contribution < 1.29 is 14.2 Å². The first-order valence-electron chi connectivity index (χ1n) is 7.97. The van der Waals surface area contributed by atoms with E-state index in [1.165, 1.54) is 19.2 Å². The van der Waals surface area contributed by atoms with E-state index in [2.05, 4.69) is 9.98 Å². The smallest absolute Gasteiger partial charge is 0.335 e. The van der Waals surface area contributed by atoms with Gasteiger partial charge in [-0.25, -0.2) is 13.8 Å². The SMILES string of the molecule is COc1cccc(-n2c(O)c(C=NCc3ccccc3F)c(=O)[nH]c2=O)c1. The minimum absolute atomic E-state index is 0.0240. The molecule has 0 saturated carbocycles. The Balaban J connectivity index is 2.01. The summed E-state index contributed by atoms with van der Waals surface area (Å²) in [5.41, 5.74) is -1.18. The van der Waals surface area contributed by atoms with Crippen LogP contribution >= 0.6 is 0 Å². The van der Waals surface area contributed by atoms with Gasteiger partial charge in [0.2, 0.25) is 5.88 Å². The van der Waals surface area contributed by atoms with Gasteiger partial charge >= 0.3 is 5.69 Å². The predicted octanol–water partition coefficient (Wildman–Crippen LogP) is 2.00. The molecule has 0 aliphatic rings. The van der Waals surface area contributed by atoms with Crippen molar-refractivity contribution >= 4 is 6.21 Å². The van der Waals surface area contributed by atoms with Crippen LogP contribution in [0.3, 0.4) is 0 Å². The zero-order valence-corrected chi connectivity index (χ0v) is 14.3. The number of H-pyrrole nitrogens is 1. The molecule has 7 nitrogen and oxygen atoms in total. The van der Waals surface area contributed by atoms with Crippen LogP contribution in [0.4, 0.5) is 4.39 Å². The highest BCUT2D eigenvalue weighted by Crippen LogP contribution is 2.20. The highest BCUT2D eigenvalue weighted by Gasteiger charge is 2.14. The summed E-state index contributed by atoms with van der Waals surface area (Å²) in [6, 6.07) is 12.5. The van der Waals surface area contributed by atoms with Crippen molar-refractivity contribution in [1.82, 2.24) is 9.55 Å². The summed E-state index contributed by atoms with van der Waals surface area (Å²) < 4.78 is 19.7. The van der Waals surface area contributed by atoms with E-state index in [1.54, 1.807) is 36.4 Å². The molecule has 0 amide bonds. The van der Waals surface area contributed by atoms with Crippen molar-refractivity contribution in [3.05, 3.63) is 86.3 Å². The number of benzene rings is 2. The summed E-state index contributed by atoms with van der Waals surface area (Å²) in [6.45, 7) is -0.0240. The van der Waals surface area contributed by atoms with Gasteiger partial charge in [0.15, 0.2) is 0 Å². The van der Waals surface area contributed by atoms with Gasteiger partial charge in [-0.3, -0.25) is 14.8 Å². The molecular weight excluding hydrogens is 353 g/mol. The molecule has 3 aromatic rings. The van der Waals surface area contributed by atoms with Crippen LogP contribution in [0.1, 0.15) is 11.1 Å². The summed E-state index contributed by atoms with van der Waals surface area (Å²) >= 11 is 0. The van der Waals surface area contributed by atoms with E-state index in [-0.39, 0.29) is 12.1 Å². The van der Waals surface area contributed by atoms with Crippen LogP contribution in [-0.2, 0) is 6.54 Å². The van der Waals surface area contributed by atoms with Crippen LogP contribution < -0.4 is 16.0 Å². The number of aromatic nitrogens is 2. The molecule has 0 unspecified atom stereocenters. The highest BCUT2D eigenvalue weighted by molar-refractivity contribution is 5.82. The summed E-state index contributed by atoms with van der Waals surface area (Å²) in [5, 5.41) is 10.5. The Labute approximate surface area is 153 Å². The number of hydrogen-bond acceptors (Lipinski definition) is 5. The molecular formula is C19H16FN3O4. The van der Waals surface area contributed by atoms with Crippen LogP contribution in [0, 0.1) is 5.82 Å². The maximum atomic E-state index is 13.6. The first-order chi connectivity index (χ1) is 13.0. The highest BCUT2D eigenvalue weighted by atomic mass is 19.1. The van der Waals surface area contributed by atoms with E-state index in [9.17, 15) is 19.1 Å². The Morgan fingerprint density at radius 1 is 1.22 bits per heavy atom. The number of hydrogen-bond donors (Lipinski definition) is 2. The van der Waals surface area contributed by atoms with Gasteiger partial charge in [-0.2, -0.15) is 0 Å². The predicted molar refractivity (Wildman–Crippen MR) is 98.6 cm³/mol. The molecule has 27 heavy (non-hydrogen) atoms. The van der Waals surface area contributed by atoms with E-state index in [1.807, 2.05) is 0 Å². The minimum Gasteiger partial charge on any atom is -0.497 e. The van der Waals surface area contributed by atoms with E-state index < -0.39 is 22.9 Å². The molecule has 0 atom stereocenters. The second-order valence-electron chi connectivity index (χ2n) is 5.59. The number of ether oxygens (including phenoxy) is 1. The molecule has 0 saturated heterocycles. The lowest BCUT2D eigenvalue weighted by atomic mass is 10.2. The van der Waals surface area contributed by atoms with Gasteiger partial charge in [0.05, 0.1) is 19.3 Å². The number of halogens is 1. The molecule has 8 heteroatoms. The average molecular weight is 369 g/mol. The third-order valence-corrected chi connectivity index (χ3v) is 3.87. The zero-order valence-electron chi connectivity index (χ0n) is 14.3. The Morgan fingerprint density at radius 2 is 2.00 bits per heavy atom. The standard InChI is InChI=1S/C19H16FN3O4/c1-27-14-7-4-6-13(9-14)23-18(25)15(17(24)22-19(23)26)11-21-10-12-5-2-3-8-16(12)20/h2-9,11,25H,10H2,1H3,(H,22,24,26). The lowest BCUT2D eigenvalue weighted by Crippen LogP contribution is -2.31. The monoisotopic (exact) mass is 369 g/mol. The molecule has 0 aliphatic heterocycles. The Kier molecular flexibility index (Phi) is 5.16. The van der Waals surface area contributed by atoms with Gasteiger partial charge in [0, 0.05) is 17.8 Å². The van der Waals surface area contributed by atoms with Crippen molar-refractivity contribution in [1.29, 1.82) is 0 Å². The van der Waals surface area contributed by atoms with Gasteiger partial charge in [-0.1, -0.05) is 24.3 Å². The topological polar surface area (TPSA) is 96.7 Å². The number of aromatic amines is 1. The second-order valence-corrected chi connectivity index (χ2v) is 5.59. The first kappa shape index (κ1) is 18.1. The van der Waals surface area contributed by atoms with Crippen molar-refractivity contribution in [2.45, 2.75) is 6.54 Å². The van der Waals surface area contributed by atoms with Crippen molar-refractivity contribution in [2.75, 3.05) is 7.11 Å². The normalized spacial score (nSPS) is 11.0. The van der Waals surface area contributed by atoms with Gasteiger partial charge in [-0.15, -0.1) is 0 Å². The number of nitrogens with one attached hydrogen (secondary N) is 1. The molecule has 0 spiro atoms. The third kappa shape index (κ3) is 3.79. The molecule has 1 heterocycles. The van der Waals surface area contributed by atoms with Crippen LogP contribution in [0.5, 0.6) is 11.6 Å². The van der Waals surface area contributed by atoms with Crippen LogP contribution in [0.2, 0.25) is 0 Å². The van der Waals surface area contributed by atoms with Crippen LogP contribution in [-0.4, -0.2) is 28.0 Å². The summed E-state index contributed by atoms with van der Waals surface area (Å²) in [6.07, 6.45) is 1.11. The lowest BCUT2D eigenvalue weighted by molar-refractivity contribution is 0.412. The largest absolute Gasteiger partial charge is 0.497 e. The fourth-order valence-electron chi connectivity index (χ4n) is 2.51. The van der Waals surface area contributed by atoms with E-state index in [4.69, 9.17) is 4.74 Å². The zero-order chi connectivity index (χ0) is 19.4. The van der Waals surface area contributed by atoms with Crippen molar-refractivity contribution in [3.63, 3.8) is 0 Å². The summed E-state index contributed by atoms with van der Waals surface area (Å²) in [4.78, 5) is 30.4. The van der Waals surface area contributed by atoms with E-state index in [0.717, 1.165) is 10.8 Å². The van der Waals surface area contributed by atoms with E-state index in [0.29, 0.717) is 17.0 Å². The van der Waals surface area contributed by atoms with E-state index >= 15 is 0 Å². The maximum Gasteiger partial charge on any atom is 0.335 e. The second kappa shape index (κ2) is 7.69. The number of aliphatic imine (C=N–C) groups is 1. The Bertz CT molecular complexity index is 1120. The Morgan fingerprint density at radius 3 is 2.74 bits per heavy atom. The molecule has 2 N–H and O–H groups in total. The minimum atomic E-state index is -0.808. The lowest BCUT2D eigenvalue weighted by Gasteiger charge is -2.10. The third-order valence-electron chi connectivity index (χ3n) is 3.87. The fourth-order valence-corrected chi connectivity index (χ4v) is 2.51. The van der Waals surface area contributed by atoms with Crippen LogP contribution in [0.15, 0.2) is 63.1 Å². The quantitative estimate of drug-likeness (QED) is 0.672. The summed E-state index contributed by atoms with van der Waals surface area (Å²) in [7, 11) is 1.47. The van der Waals surface area contributed by atoms with Crippen molar-refractivity contribution in [3.8, 4) is 17.3 Å². The molecule has 1 aromatic heterocycles. The number of rotatable bonds is 5. The number of aromatic hydroxyl groups is 1. The molecule has 2 aromatic carbocycles. The van der Waals surface area contributed by atoms with Gasteiger partial charge in [0.25, 0.3) is 5.56 Å². The maximum absolute atomic E-state index is 13.6. The van der Waals surface area contributed by atoms with Gasteiger partial charge < -0.3 is 9.84 Å². The molecule has 3 rings (SSSR count). The Hall–Kier alpha value is -3.68. The molecule has 0 radical (unpaired) electrons. The van der Waals surface area contributed by atoms with Gasteiger partial charge in [0.1, 0.15) is 17.1 Å². The molecule has 0 aliphatic carbocycles. The fraction of sp³-hybridized carbons (Fsp3) is 0.105. The van der Waals surface area contributed by atoms with Crippen LogP contribution in [0.25, 0.3) is 5.69 Å². The molecule has 0 bridgehead atoms. The average Bonchev–Trinajstić information content (AvgIpc) is 2.65. The first-order valence-corrected chi connectivity index (χ1v) is 7.97. The van der Waals surface area contributed by atoms with Crippen molar-refractivity contribution in [2.24, 2.45) is 4.99 Å². The van der Waals surface area contributed by atoms with Gasteiger partial charge in [-0.05, 0) is 18.2 Å². The number of nitrogens with zero attached hydrogens (tertiary/aromatic N) is 2.